The van der Waals surface area contributed by atoms with E-state index in [-0.39, 0.29) is 34.1 Å². The zero-order valence-electron chi connectivity index (χ0n) is 21.4. The molecule has 2 aromatic carbocycles. The Morgan fingerprint density at radius 2 is 2.03 bits per heavy atom. The molecule has 10 nitrogen and oxygen atoms in total. The lowest BCUT2D eigenvalue weighted by atomic mass is 10.1. The standard InChI is InChI=1S/C27H27ClFN7O3/c1-30-14-18-15-36(12-11-35(18)2)25-20(7-8-23(24(25)28)39-22-6-4-3-5-19(22)29)33-26(37)21-16-38-27(34-21)17-9-10-31-32-13-17/h3-10,13,16,18,30H,11-12,14-15H2,1-2H3,(H,33,37)/t18-/m0/s1. The van der Waals surface area contributed by atoms with Gasteiger partial charge in [0.15, 0.2) is 17.3 Å². The number of nitrogens with zero attached hydrogens (tertiary/aromatic N) is 5. The van der Waals surface area contributed by atoms with E-state index in [1.165, 1.54) is 30.8 Å². The first-order valence-electron chi connectivity index (χ1n) is 12.3. The van der Waals surface area contributed by atoms with Crippen molar-refractivity contribution in [3.05, 3.63) is 77.7 Å². The minimum absolute atomic E-state index is 0.0503. The number of carbonyl (C=O) groups is 1. The second-order valence-corrected chi connectivity index (χ2v) is 9.45. The number of nitrogens with one attached hydrogen (secondary N) is 2. The van der Waals surface area contributed by atoms with Crippen LogP contribution in [-0.4, -0.2) is 72.3 Å². The molecule has 2 aromatic heterocycles. The average Bonchev–Trinajstić information content (AvgIpc) is 3.44. The van der Waals surface area contributed by atoms with Gasteiger partial charge in [0.1, 0.15) is 17.0 Å². The molecule has 1 aliphatic heterocycles. The van der Waals surface area contributed by atoms with Gasteiger partial charge in [0.05, 0.1) is 29.3 Å². The zero-order chi connectivity index (χ0) is 27.4. The first-order valence-corrected chi connectivity index (χ1v) is 12.7. The predicted octanol–water partition coefficient (Wildman–Crippen LogP) is 4.31. The molecule has 1 atom stereocenters. The van der Waals surface area contributed by atoms with E-state index in [1.807, 2.05) is 7.05 Å². The molecule has 12 heteroatoms. The van der Waals surface area contributed by atoms with E-state index in [2.05, 4.69) is 42.7 Å². The summed E-state index contributed by atoms with van der Waals surface area (Å²) in [6.45, 7) is 2.85. The zero-order valence-corrected chi connectivity index (χ0v) is 22.2. The lowest BCUT2D eigenvalue weighted by Gasteiger charge is -2.41. The van der Waals surface area contributed by atoms with E-state index in [4.69, 9.17) is 20.8 Å². The average molecular weight is 552 g/mol. The molecule has 0 bridgehead atoms. The highest BCUT2D eigenvalue weighted by molar-refractivity contribution is 6.35. The summed E-state index contributed by atoms with van der Waals surface area (Å²) in [7, 11) is 3.98. The molecular formula is C27H27ClFN7O3. The highest BCUT2D eigenvalue weighted by atomic mass is 35.5. The molecule has 0 radical (unpaired) electrons. The summed E-state index contributed by atoms with van der Waals surface area (Å²) in [6, 6.07) is 11.3. The Morgan fingerprint density at radius 1 is 1.18 bits per heavy atom. The Labute approximate surface area is 229 Å². The van der Waals surface area contributed by atoms with Gasteiger partial charge >= 0.3 is 0 Å². The molecule has 1 saturated heterocycles. The predicted molar refractivity (Wildman–Crippen MR) is 146 cm³/mol. The van der Waals surface area contributed by atoms with Crippen molar-refractivity contribution >= 4 is 28.9 Å². The third-order valence-electron chi connectivity index (χ3n) is 6.49. The van der Waals surface area contributed by atoms with Gasteiger partial charge in [-0.3, -0.25) is 9.69 Å². The number of hydrogen-bond acceptors (Lipinski definition) is 9. The van der Waals surface area contributed by atoms with Gasteiger partial charge in [-0.2, -0.15) is 10.2 Å². The van der Waals surface area contributed by atoms with Crippen molar-refractivity contribution in [1.29, 1.82) is 0 Å². The fourth-order valence-corrected chi connectivity index (χ4v) is 4.72. The Balaban J connectivity index is 1.47. The number of para-hydroxylation sites is 1. The first kappa shape index (κ1) is 26.5. The number of carbonyl (C=O) groups excluding carboxylic acids is 1. The molecule has 1 amide bonds. The number of benzene rings is 2. The Morgan fingerprint density at radius 3 is 2.79 bits per heavy atom. The number of anilines is 2. The molecule has 1 aliphatic rings. The largest absolute Gasteiger partial charge is 0.453 e. The summed E-state index contributed by atoms with van der Waals surface area (Å²) in [5.41, 5.74) is 1.72. The minimum atomic E-state index is -0.507. The van der Waals surface area contributed by atoms with Crippen molar-refractivity contribution in [1.82, 2.24) is 25.4 Å². The lowest BCUT2D eigenvalue weighted by molar-refractivity contribution is 0.102. The lowest BCUT2D eigenvalue weighted by Crippen LogP contribution is -2.55. The summed E-state index contributed by atoms with van der Waals surface area (Å²) < 4.78 is 25.7. The van der Waals surface area contributed by atoms with Crippen LogP contribution in [0.4, 0.5) is 15.8 Å². The maximum absolute atomic E-state index is 14.3. The van der Waals surface area contributed by atoms with E-state index in [9.17, 15) is 9.18 Å². The van der Waals surface area contributed by atoms with E-state index in [0.29, 0.717) is 30.0 Å². The summed E-state index contributed by atoms with van der Waals surface area (Å²) in [6.07, 6.45) is 4.28. The minimum Gasteiger partial charge on any atom is -0.453 e. The number of piperazine rings is 1. The molecular weight excluding hydrogens is 525 g/mol. The third-order valence-corrected chi connectivity index (χ3v) is 6.85. The van der Waals surface area contributed by atoms with Crippen LogP contribution in [0.25, 0.3) is 11.5 Å². The summed E-state index contributed by atoms with van der Waals surface area (Å²) in [5, 5.41) is 13.9. The van der Waals surface area contributed by atoms with Crippen LogP contribution in [0.1, 0.15) is 10.5 Å². The molecule has 2 N–H and O–H groups in total. The van der Waals surface area contributed by atoms with E-state index in [0.717, 1.165) is 13.1 Å². The maximum atomic E-state index is 14.3. The summed E-state index contributed by atoms with van der Waals surface area (Å²) in [4.78, 5) is 21.9. The number of oxazole rings is 1. The SMILES string of the molecule is CNC[C@H]1CN(c2c(NC(=O)c3coc(-c4ccnnc4)n3)ccc(Oc3ccccc3F)c2Cl)CCN1C. The van der Waals surface area contributed by atoms with E-state index < -0.39 is 11.7 Å². The van der Waals surface area contributed by atoms with Crippen LogP contribution < -0.4 is 20.3 Å². The number of hydrogen-bond donors (Lipinski definition) is 2. The van der Waals surface area contributed by atoms with Crippen LogP contribution in [0.15, 0.2) is 65.5 Å². The molecule has 0 saturated carbocycles. The molecule has 0 spiro atoms. The molecule has 0 unspecified atom stereocenters. The van der Waals surface area contributed by atoms with Crippen molar-refractivity contribution in [3.8, 4) is 23.0 Å². The number of aromatic nitrogens is 3. The van der Waals surface area contributed by atoms with Crippen LogP contribution in [0, 0.1) is 5.82 Å². The Hall–Kier alpha value is -4.06. The van der Waals surface area contributed by atoms with Gasteiger partial charge < -0.3 is 24.7 Å². The normalized spacial score (nSPS) is 15.8. The summed E-state index contributed by atoms with van der Waals surface area (Å²) >= 11 is 6.91. The van der Waals surface area contributed by atoms with Crippen LogP contribution >= 0.6 is 11.6 Å². The van der Waals surface area contributed by atoms with E-state index >= 15 is 0 Å². The molecule has 202 valence electrons. The third kappa shape index (κ3) is 5.85. The number of rotatable bonds is 8. The second-order valence-electron chi connectivity index (χ2n) is 9.07. The van der Waals surface area contributed by atoms with Crippen LogP contribution in [0.3, 0.4) is 0 Å². The Kier molecular flexibility index (Phi) is 8.01. The van der Waals surface area contributed by atoms with Crippen LogP contribution in [0.2, 0.25) is 5.02 Å². The first-order chi connectivity index (χ1) is 18.9. The van der Waals surface area contributed by atoms with Gasteiger partial charge in [-0.1, -0.05) is 23.7 Å². The quantitative estimate of drug-likeness (QED) is 0.331. The van der Waals surface area contributed by atoms with Gasteiger partial charge in [-0.25, -0.2) is 9.37 Å². The number of amides is 1. The van der Waals surface area contributed by atoms with Gasteiger partial charge in [0, 0.05) is 32.2 Å². The van der Waals surface area contributed by atoms with Crippen molar-refractivity contribution in [2.24, 2.45) is 0 Å². The smallest absolute Gasteiger partial charge is 0.277 e. The molecule has 39 heavy (non-hydrogen) atoms. The monoisotopic (exact) mass is 551 g/mol. The molecule has 3 heterocycles. The maximum Gasteiger partial charge on any atom is 0.277 e. The fourth-order valence-electron chi connectivity index (χ4n) is 4.40. The topological polar surface area (TPSA) is 109 Å². The van der Waals surface area contributed by atoms with Gasteiger partial charge in [0.2, 0.25) is 5.89 Å². The van der Waals surface area contributed by atoms with Crippen LogP contribution in [0.5, 0.6) is 11.5 Å². The van der Waals surface area contributed by atoms with Crippen molar-refractivity contribution in [3.63, 3.8) is 0 Å². The van der Waals surface area contributed by atoms with Crippen molar-refractivity contribution in [2.45, 2.75) is 6.04 Å². The van der Waals surface area contributed by atoms with E-state index in [1.54, 1.807) is 30.3 Å². The second kappa shape index (κ2) is 11.8. The molecule has 4 aromatic rings. The highest BCUT2D eigenvalue weighted by Crippen LogP contribution is 2.43. The molecule has 5 rings (SSSR count). The van der Waals surface area contributed by atoms with Gasteiger partial charge in [0.25, 0.3) is 5.91 Å². The van der Waals surface area contributed by atoms with Crippen LogP contribution in [-0.2, 0) is 0 Å². The van der Waals surface area contributed by atoms with Gasteiger partial charge in [-0.05, 0) is 44.4 Å². The fraction of sp³-hybridized carbons (Fsp3) is 0.259. The van der Waals surface area contributed by atoms with Gasteiger partial charge in [-0.15, -0.1) is 0 Å². The summed E-state index contributed by atoms with van der Waals surface area (Å²) in [5.74, 6) is -0.418. The van der Waals surface area contributed by atoms with Crippen molar-refractivity contribution < 1.29 is 18.3 Å². The van der Waals surface area contributed by atoms with Crippen molar-refractivity contribution in [2.75, 3.05) is 50.5 Å². The Bertz CT molecular complexity index is 1450. The number of ether oxygens (including phenoxy) is 1. The molecule has 1 fully saturated rings. The molecule has 0 aliphatic carbocycles. The highest BCUT2D eigenvalue weighted by Gasteiger charge is 2.29. The number of halogens is 2. The number of likely N-dealkylation sites (N-methyl/N-ethyl adjacent to an activating group) is 2.